The van der Waals surface area contributed by atoms with Crippen LogP contribution < -0.4 is 20.5 Å². The van der Waals surface area contributed by atoms with Crippen LogP contribution in [0.4, 0.5) is 4.39 Å². The number of ether oxygens (including phenoxy) is 2. The quantitative estimate of drug-likeness (QED) is 0.470. The zero-order chi connectivity index (χ0) is 25.4. The summed E-state index contributed by atoms with van der Waals surface area (Å²) < 4.78 is 24.4. The zero-order valence-corrected chi connectivity index (χ0v) is 19.5. The molecule has 0 bridgehead atoms. The van der Waals surface area contributed by atoms with Crippen LogP contribution in [-0.2, 0) is 15.8 Å². The summed E-state index contributed by atoms with van der Waals surface area (Å²) in [5.41, 5.74) is 4.61. The van der Waals surface area contributed by atoms with Gasteiger partial charge in [-0.2, -0.15) is 0 Å². The molecule has 9 nitrogen and oxygen atoms in total. The minimum Gasteiger partial charge on any atom is -0.495 e. The third-order valence-electron chi connectivity index (χ3n) is 6.09. The van der Waals surface area contributed by atoms with Gasteiger partial charge in [0.05, 0.1) is 31.1 Å². The molecule has 1 aliphatic heterocycles. The first kappa shape index (κ1) is 24.1. The molecule has 2 aromatic heterocycles. The van der Waals surface area contributed by atoms with Gasteiger partial charge in [0.25, 0.3) is 5.91 Å². The van der Waals surface area contributed by atoms with E-state index in [-0.39, 0.29) is 25.8 Å². The molecule has 35 heavy (non-hydrogen) atoms. The number of benzene rings is 1. The molecule has 0 saturated heterocycles. The lowest BCUT2D eigenvalue weighted by atomic mass is 9.82. The third-order valence-corrected chi connectivity index (χ3v) is 6.09. The van der Waals surface area contributed by atoms with Crippen molar-refractivity contribution in [1.82, 2.24) is 15.3 Å². The second-order valence-corrected chi connectivity index (χ2v) is 8.79. The van der Waals surface area contributed by atoms with Gasteiger partial charge in [0.15, 0.2) is 0 Å². The summed E-state index contributed by atoms with van der Waals surface area (Å²) in [6, 6.07) is 8.68. The highest BCUT2D eigenvalue weighted by atomic mass is 19.1. The number of carbonyl (C=O) groups is 2. The highest BCUT2D eigenvalue weighted by Crippen LogP contribution is 2.45. The molecule has 0 fully saturated rings. The van der Waals surface area contributed by atoms with Gasteiger partial charge in [-0.15, -0.1) is 0 Å². The van der Waals surface area contributed by atoms with Crippen molar-refractivity contribution in [3.63, 3.8) is 0 Å². The summed E-state index contributed by atoms with van der Waals surface area (Å²) in [4.78, 5) is 33.5. The number of fused-ring (bicyclic) bond motifs is 1. The van der Waals surface area contributed by atoms with E-state index >= 15 is 0 Å². The fourth-order valence-corrected chi connectivity index (χ4v) is 3.77. The van der Waals surface area contributed by atoms with Gasteiger partial charge in [-0.1, -0.05) is 0 Å². The lowest BCUT2D eigenvalue weighted by Crippen LogP contribution is -2.41. The number of methoxy groups -OCH3 is 1. The minimum absolute atomic E-state index is 0. The molecule has 4 N–H and O–H groups in total. The van der Waals surface area contributed by atoms with Crippen LogP contribution in [0.25, 0.3) is 11.3 Å². The summed E-state index contributed by atoms with van der Waals surface area (Å²) in [5.74, 6) is -0.742. The smallest absolute Gasteiger partial charge is 0.253 e. The second kappa shape index (κ2) is 8.95. The maximum atomic E-state index is 13.5. The van der Waals surface area contributed by atoms with E-state index in [0.29, 0.717) is 28.3 Å². The Morgan fingerprint density at radius 3 is 2.69 bits per heavy atom. The van der Waals surface area contributed by atoms with Gasteiger partial charge in [0.2, 0.25) is 5.91 Å². The van der Waals surface area contributed by atoms with Crippen LogP contribution in [0.2, 0.25) is 0 Å². The Morgan fingerprint density at radius 1 is 1.31 bits per heavy atom. The summed E-state index contributed by atoms with van der Waals surface area (Å²) >= 11 is 0. The fourth-order valence-electron chi connectivity index (χ4n) is 3.77. The Bertz CT molecular complexity index is 1300. The van der Waals surface area contributed by atoms with Crippen molar-refractivity contribution in [1.29, 1.82) is 0 Å². The van der Waals surface area contributed by atoms with Crippen LogP contribution in [0.5, 0.6) is 11.5 Å². The zero-order valence-electron chi connectivity index (χ0n) is 19.5. The lowest BCUT2D eigenvalue weighted by Gasteiger charge is -2.26. The van der Waals surface area contributed by atoms with Crippen molar-refractivity contribution in [2.75, 3.05) is 20.3 Å². The van der Waals surface area contributed by atoms with Crippen LogP contribution >= 0.6 is 0 Å². The predicted octanol–water partition coefficient (Wildman–Crippen LogP) is 2.31. The van der Waals surface area contributed by atoms with Crippen LogP contribution in [0.15, 0.2) is 48.8 Å². The molecule has 2 atom stereocenters. The molecule has 3 heterocycles. The largest absolute Gasteiger partial charge is 0.495 e. The predicted molar refractivity (Wildman–Crippen MR) is 126 cm³/mol. The third kappa shape index (κ3) is 4.52. The van der Waals surface area contributed by atoms with Crippen molar-refractivity contribution < 1.29 is 30.0 Å². The first-order valence-electron chi connectivity index (χ1n) is 10.8. The second-order valence-electron chi connectivity index (χ2n) is 8.79. The Balaban J connectivity index is 0.00000361. The van der Waals surface area contributed by atoms with Gasteiger partial charge in [-0.3, -0.25) is 14.6 Å². The Morgan fingerprint density at radius 2 is 2.03 bits per heavy atom. The van der Waals surface area contributed by atoms with E-state index in [1.807, 2.05) is 0 Å². The van der Waals surface area contributed by atoms with E-state index in [1.54, 1.807) is 13.0 Å². The average Bonchev–Trinajstić information content (AvgIpc) is 3.20. The molecule has 0 saturated carbocycles. The average molecular weight is 483 g/mol. The van der Waals surface area contributed by atoms with Gasteiger partial charge in [-0.25, -0.2) is 9.37 Å². The number of rotatable bonds is 7. The molecule has 3 aromatic rings. The van der Waals surface area contributed by atoms with E-state index in [0.717, 1.165) is 0 Å². The van der Waals surface area contributed by atoms with Crippen molar-refractivity contribution in [2.24, 2.45) is 5.73 Å². The van der Waals surface area contributed by atoms with Crippen LogP contribution in [0.3, 0.4) is 0 Å². The number of nitrogens with two attached hydrogens (primary N) is 1. The van der Waals surface area contributed by atoms with Gasteiger partial charge >= 0.3 is 0 Å². The summed E-state index contributed by atoms with van der Waals surface area (Å²) in [6.07, 6.45) is 2.85. The van der Waals surface area contributed by atoms with Gasteiger partial charge in [0, 0.05) is 18.8 Å². The van der Waals surface area contributed by atoms with E-state index in [1.165, 1.54) is 56.8 Å². The molecule has 0 unspecified atom stereocenters. The SMILES string of the molecule is COc1cncc(C(=O)NC[C@](C)(O)c2cc3c(c(-c4ccc(F)cc4)n2)OC[C@]3(C)C(N)=O)c1.[HH]. The molecule has 2 amide bonds. The molecule has 4 rings (SSSR count). The highest BCUT2D eigenvalue weighted by Gasteiger charge is 2.45. The van der Waals surface area contributed by atoms with Gasteiger partial charge < -0.3 is 25.6 Å². The number of halogens is 1. The molecular formula is C25H27FN4O5. The molecular weight excluding hydrogens is 455 g/mol. The first-order chi connectivity index (χ1) is 16.5. The number of aliphatic hydroxyl groups is 1. The number of nitrogens with zero attached hydrogens (tertiary/aromatic N) is 2. The summed E-state index contributed by atoms with van der Waals surface area (Å²) in [6.45, 7) is 2.92. The highest BCUT2D eigenvalue weighted by molar-refractivity contribution is 5.94. The molecule has 0 aliphatic carbocycles. The molecule has 1 aliphatic rings. The Kier molecular flexibility index (Phi) is 6.16. The maximum Gasteiger partial charge on any atom is 0.253 e. The molecule has 0 spiro atoms. The molecule has 184 valence electrons. The number of primary amides is 1. The topological polar surface area (TPSA) is 137 Å². The molecule has 0 radical (unpaired) electrons. The number of amides is 2. The number of hydrogen-bond donors (Lipinski definition) is 3. The Labute approximate surface area is 202 Å². The van der Waals surface area contributed by atoms with Crippen molar-refractivity contribution in [2.45, 2.75) is 24.9 Å². The molecule has 10 heteroatoms. The van der Waals surface area contributed by atoms with Crippen LogP contribution in [-0.4, -0.2) is 47.2 Å². The van der Waals surface area contributed by atoms with E-state index in [2.05, 4.69) is 15.3 Å². The summed E-state index contributed by atoms with van der Waals surface area (Å²) in [5, 5.41) is 14.0. The van der Waals surface area contributed by atoms with Crippen molar-refractivity contribution in [3.05, 3.63) is 71.4 Å². The van der Waals surface area contributed by atoms with E-state index in [4.69, 9.17) is 15.2 Å². The minimum atomic E-state index is -1.65. The first-order valence-corrected chi connectivity index (χ1v) is 10.8. The standard InChI is InChI=1S/C25H25FN4O5.H2/c1-24(23(27)32)13-35-21-18(24)9-19(30-20(21)14-4-6-16(26)7-5-14)25(2,33)12-29-22(31)15-8-17(34-3)11-28-10-15;/h4-11,33H,12-13H2,1-3H3,(H2,27,32)(H,29,31);1H/t24-,25-;/m0./s1. The molecule has 1 aromatic carbocycles. The van der Waals surface area contributed by atoms with Gasteiger partial charge in [0.1, 0.15) is 40.6 Å². The maximum absolute atomic E-state index is 13.5. The number of carbonyl (C=O) groups excluding carboxylic acids is 2. The number of nitrogens with one attached hydrogen (secondary N) is 1. The normalized spacial score (nSPS) is 18.2. The van der Waals surface area contributed by atoms with Crippen molar-refractivity contribution >= 4 is 11.8 Å². The monoisotopic (exact) mass is 482 g/mol. The number of aromatic nitrogens is 2. The van der Waals surface area contributed by atoms with E-state index in [9.17, 15) is 19.1 Å². The lowest BCUT2D eigenvalue weighted by molar-refractivity contribution is -0.123. The summed E-state index contributed by atoms with van der Waals surface area (Å²) in [7, 11) is 1.46. The fraction of sp³-hybridized carbons (Fsp3) is 0.280. The van der Waals surface area contributed by atoms with Gasteiger partial charge in [-0.05, 0) is 50.2 Å². The Hall–Kier alpha value is -4.05. The number of pyridine rings is 2. The van der Waals surface area contributed by atoms with Crippen molar-refractivity contribution in [3.8, 4) is 22.8 Å². The van der Waals surface area contributed by atoms with E-state index < -0.39 is 28.6 Å². The number of hydrogen-bond acceptors (Lipinski definition) is 7. The van der Waals surface area contributed by atoms with Crippen LogP contribution in [0.1, 0.15) is 36.9 Å². The van der Waals surface area contributed by atoms with Crippen LogP contribution in [0, 0.1) is 5.82 Å².